The Kier molecular flexibility index (Phi) is 3.88. The van der Waals surface area contributed by atoms with Crippen molar-refractivity contribution in [1.29, 1.82) is 0 Å². The molecule has 0 unspecified atom stereocenters. The fraction of sp³-hybridized carbons (Fsp3) is 0.273. The Morgan fingerprint density at radius 3 is 2.56 bits per heavy atom. The van der Waals surface area contributed by atoms with Crippen LogP contribution in [0, 0.1) is 6.92 Å². The quantitative estimate of drug-likeness (QED) is 0.746. The van der Waals surface area contributed by atoms with Gasteiger partial charge in [0.2, 0.25) is 0 Å². The van der Waals surface area contributed by atoms with Gasteiger partial charge in [0, 0.05) is 7.05 Å². The lowest BCUT2D eigenvalue weighted by Gasteiger charge is -2.09. The number of aryl methyl sites for hydroxylation is 1. The van der Waals surface area contributed by atoms with Gasteiger partial charge in [-0.05, 0) is 19.1 Å². The van der Waals surface area contributed by atoms with Crippen molar-refractivity contribution in [3.63, 3.8) is 0 Å². The number of methoxy groups -OCH3 is 1. The minimum absolute atomic E-state index is 0.339. The van der Waals surface area contributed by atoms with Gasteiger partial charge < -0.3 is 15.4 Å². The molecule has 0 radical (unpaired) electrons. The highest BCUT2D eigenvalue weighted by Gasteiger charge is 2.13. The largest absolute Gasteiger partial charge is 0.465 e. The van der Waals surface area contributed by atoms with Crippen molar-refractivity contribution in [1.82, 2.24) is 5.32 Å². The molecular formula is C11H14N2O3. The normalized spacial score (nSPS) is 9.44. The van der Waals surface area contributed by atoms with Crippen LogP contribution in [0.1, 0.15) is 15.9 Å². The average Bonchev–Trinajstić information content (AvgIpc) is 2.30. The molecule has 0 saturated carbocycles. The van der Waals surface area contributed by atoms with Gasteiger partial charge in [0.1, 0.15) is 0 Å². The summed E-state index contributed by atoms with van der Waals surface area (Å²) in [5, 5.41) is 4.96. The van der Waals surface area contributed by atoms with E-state index in [9.17, 15) is 9.59 Å². The zero-order valence-corrected chi connectivity index (χ0v) is 9.46. The van der Waals surface area contributed by atoms with Gasteiger partial charge in [-0.25, -0.2) is 9.59 Å². The predicted octanol–water partition coefficient (Wildman–Crippen LogP) is 1.53. The maximum Gasteiger partial charge on any atom is 0.339 e. The Balaban J connectivity index is 3.07. The molecule has 0 heterocycles. The van der Waals surface area contributed by atoms with Gasteiger partial charge in [0.25, 0.3) is 0 Å². The van der Waals surface area contributed by atoms with Gasteiger partial charge in [-0.1, -0.05) is 11.6 Å². The molecule has 0 atom stereocenters. The SMILES string of the molecule is CNC(=O)Nc1ccc(C)cc1C(=O)OC. The Hall–Kier alpha value is -2.04. The van der Waals surface area contributed by atoms with Crippen molar-refractivity contribution in [2.45, 2.75) is 6.92 Å². The maximum absolute atomic E-state index is 11.5. The Labute approximate surface area is 93.8 Å². The molecule has 86 valence electrons. The van der Waals surface area contributed by atoms with E-state index < -0.39 is 5.97 Å². The van der Waals surface area contributed by atoms with Crippen molar-refractivity contribution in [3.8, 4) is 0 Å². The van der Waals surface area contributed by atoms with E-state index in [1.54, 1.807) is 18.2 Å². The van der Waals surface area contributed by atoms with E-state index in [-0.39, 0.29) is 6.03 Å². The van der Waals surface area contributed by atoms with Crippen molar-refractivity contribution >= 4 is 17.7 Å². The minimum Gasteiger partial charge on any atom is -0.465 e. The van der Waals surface area contributed by atoms with E-state index in [1.165, 1.54) is 14.2 Å². The van der Waals surface area contributed by atoms with Crippen LogP contribution in [0.15, 0.2) is 18.2 Å². The highest BCUT2D eigenvalue weighted by atomic mass is 16.5. The first kappa shape index (κ1) is 12.0. The van der Waals surface area contributed by atoms with Gasteiger partial charge >= 0.3 is 12.0 Å². The molecule has 2 N–H and O–H groups in total. The fourth-order valence-electron chi connectivity index (χ4n) is 1.23. The molecule has 0 bridgehead atoms. The number of rotatable bonds is 2. The lowest BCUT2D eigenvalue weighted by Crippen LogP contribution is -2.25. The lowest BCUT2D eigenvalue weighted by molar-refractivity contribution is 0.0602. The summed E-state index contributed by atoms with van der Waals surface area (Å²) >= 11 is 0. The second-order valence-electron chi connectivity index (χ2n) is 3.24. The van der Waals surface area contributed by atoms with Gasteiger partial charge in [-0.3, -0.25) is 0 Å². The summed E-state index contributed by atoms with van der Waals surface area (Å²) in [4.78, 5) is 22.6. The summed E-state index contributed by atoms with van der Waals surface area (Å²) in [6, 6.07) is 4.75. The molecule has 1 aromatic rings. The zero-order chi connectivity index (χ0) is 12.1. The van der Waals surface area contributed by atoms with E-state index in [0.29, 0.717) is 11.3 Å². The van der Waals surface area contributed by atoms with Crippen LogP contribution in [0.5, 0.6) is 0 Å². The molecule has 1 rings (SSSR count). The highest BCUT2D eigenvalue weighted by molar-refractivity contribution is 6.00. The van der Waals surface area contributed by atoms with Crippen LogP contribution in [0.25, 0.3) is 0 Å². The second-order valence-corrected chi connectivity index (χ2v) is 3.24. The molecule has 2 amide bonds. The molecule has 5 heteroatoms. The number of benzene rings is 1. The number of ether oxygens (including phenoxy) is 1. The first-order valence-electron chi connectivity index (χ1n) is 4.76. The second kappa shape index (κ2) is 5.16. The van der Waals surface area contributed by atoms with E-state index in [4.69, 9.17) is 0 Å². The number of nitrogens with one attached hydrogen (secondary N) is 2. The molecule has 0 aromatic heterocycles. The van der Waals surface area contributed by atoms with Crippen molar-refractivity contribution in [2.75, 3.05) is 19.5 Å². The third-order valence-electron chi connectivity index (χ3n) is 2.06. The van der Waals surface area contributed by atoms with Crippen molar-refractivity contribution < 1.29 is 14.3 Å². The third kappa shape index (κ3) is 2.73. The van der Waals surface area contributed by atoms with Crippen LogP contribution >= 0.6 is 0 Å². The van der Waals surface area contributed by atoms with Crippen LogP contribution in [-0.2, 0) is 4.74 Å². The van der Waals surface area contributed by atoms with E-state index in [0.717, 1.165) is 5.56 Å². The monoisotopic (exact) mass is 222 g/mol. The molecule has 0 aliphatic carbocycles. The topological polar surface area (TPSA) is 67.4 Å². The molecule has 0 spiro atoms. The summed E-state index contributed by atoms with van der Waals surface area (Å²) in [6.45, 7) is 1.86. The minimum atomic E-state index is -0.477. The number of carbonyl (C=O) groups is 2. The fourth-order valence-corrected chi connectivity index (χ4v) is 1.23. The Morgan fingerprint density at radius 1 is 1.31 bits per heavy atom. The summed E-state index contributed by atoms with van der Waals surface area (Å²) in [5.41, 5.74) is 1.69. The van der Waals surface area contributed by atoms with Crippen molar-refractivity contribution in [3.05, 3.63) is 29.3 Å². The number of anilines is 1. The number of amides is 2. The van der Waals surface area contributed by atoms with Crippen LogP contribution in [0.2, 0.25) is 0 Å². The van der Waals surface area contributed by atoms with Gasteiger partial charge in [0.05, 0.1) is 18.4 Å². The summed E-state index contributed by atoms with van der Waals surface area (Å²) < 4.78 is 4.64. The molecular weight excluding hydrogens is 208 g/mol. The highest BCUT2D eigenvalue weighted by Crippen LogP contribution is 2.18. The number of hydrogen-bond donors (Lipinski definition) is 2. The Bertz CT molecular complexity index is 416. The van der Waals surface area contributed by atoms with Gasteiger partial charge in [-0.2, -0.15) is 0 Å². The molecule has 16 heavy (non-hydrogen) atoms. The average molecular weight is 222 g/mol. The van der Waals surface area contributed by atoms with Crippen LogP contribution in [0.3, 0.4) is 0 Å². The molecule has 0 aliphatic heterocycles. The first-order chi connectivity index (χ1) is 7.58. The smallest absolute Gasteiger partial charge is 0.339 e. The van der Waals surface area contributed by atoms with Crippen LogP contribution in [-0.4, -0.2) is 26.2 Å². The first-order valence-corrected chi connectivity index (χ1v) is 4.76. The third-order valence-corrected chi connectivity index (χ3v) is 2.06. The number of esters is 1. The Morgan fingerprint density at radius 2 is 2.00 bits per heavy atom. The molecule has 5 nitrogen and oxygen atoms in total. The van der Waals surface area contributed by atoms with Crippen LogP contribution in [0.4, 0.5) is 10.5 Å². The lowest BCUT2D eigenvalue weighted by atomic mass is 10.1. The summed E-state index contributed by atoms with van der Waals surface area (Å²) in [7, 11) is 2.80. The molecule has 0 saturated heterocycles. The van der Waals surface area contributed by atoms with Gasteiger partial charge in [-0.15, -0.1) is 0 Å². The van der Waals surface area contributed by atoms with Gasteiger partial charge in [0.15, 0.2) is 0 Å². The van der Waals surface area contributed by atoms with Crippen molar-refractivity contribution in [2.24, 2.45) is 0 Å². The zero-order valence-electron chi connectivity index (χ0n) is 9.46. The number of urea groups is 1. The van der Waals surface area contributed by atoms with E-state index in [2.05, 4.69) is 15.4 Å². The van der Waals surface area contributed by atoms with E-state index >= 15 is 0 Å². The van der Waals surface area contributed by atoms with E-state index in [1.807, 2.05) is 6.92 Å². The number of hydrogen-bond acceptors (Lipinski definition) is 3. The molecule has 0 fully saturated rings. The molecule has 0 aliphatic rings. The molecule has 1 aromatic carbocycles. The standard InChI is InChI=1S/C11H14N2O3/c1-7-4-5-9(13-11(15)12-2)8(6-7)10(14)16-3/h4-6H,1-3H3,(H2,12,13,15). The van der Waals surface area contributed by atoms with Crippen LogP contribution < -0.4 is 10.6 Å². The summed E-state index contributed by atoms with van der Waals surface area (Å²) in [5.74, 6) is -0.477. The summed E-state index contributed by atoms with van der Waals surface area (Å²) in [6.07, 6.45) is 0. The maximum atomic E-state index is 11.5. The predicted molar refractivity (Wildman–Crippen MR) is 60.6 cm³/mol. The number of carbonyl (C=O) groups excluding carboxylic acids is 2.